The van der Waals surface area contributed by atoms with Crippen LogP contribution in [0.2, 0.25) is 0 Å². The molecule has 0 spiro atoms. The van der Waals surface area contributed by atoms with Crippen LogP contribution in [-0.2, 0) is 24.7 Å². The summed E-state index contributed by atoms with van der Waals surface area (Å²) in [6, 6.07) is 6.00. The van der Waals surface area contributed by atoms with E-state index in [9.17, 15) is 4.79 Å². The number of carboxylic acid groups (broad SMARTS) is 1. The zero-order chi connectivity index (χ0) is 13.3. The van der Waals surface area contributed by atoms with Gasteiger partial charge in [-0.3, -0.25) is 4.79 Å². The summed E-state index contributed by atoms with van der Waals surface area (Å²) in [6.45, 7) is 3.80. The predicted octanol–water partition coefficient (Wildman–Crippen LogP) is 2.40. The van der Waals surface area contributed by atoms with Crippen molar-refractivity contribution in [2.75, 3.05) is 0 Å². The Morgan fingerprint density at radius 1 is 1.50 bits per heavy atom. The van der Waals surface area contributed by atoms with Crippen LogP contribution in [0.5, 0.6) is 0 Å². The smallest absolute Gasteiger partial charge is 0.306 e. The second-order valence-corrected chi connectivity index (χ2v) is 4.71. The number of imidazole rings is 1. The maximum Gasteiger partial charge on any atom is 0.306 e. The van der Waals surface area contributed by atoms with Gasteiger partial charge in [0, 0.05) is 13.5 Å². The first-order chi connectivity index (χ1) is 8.52. The highest BCUT2D eigenvalue weighted by atomic mass is 16.4. The molecule has 4 heteroatoms. The average molecular weight is 246 g/mol. The lowest BCUT2D eigenvalue weighted by Gasteiger charge is -2.06. The van der Waals surface area contributed by atoms with Gasteiger partial charge in [-0.25, -0.2) is 4.98 Å². The van der Waals surface area contributed by atoms with E-state index in [-0.39, 0.29) is 5.92 Å². The molecule has 0 fully saturated rings. The average Bonchev–Trinajstić information content (AvgIpc) is 2.65. The van der Waals surface area contributed by atoms with Crippen LogP contribution < -0.4 is 0 Å². The number of aromatic nitrogens is 2. The molecule has 0 aliphatic rings. The molecule has 96 valence electrons. The van der Waals surface area contributed by atoms with Gasteiger partial charge in [-0.1, -0.05) is 19.9 Å². The van der Waals surface area contributed by atoms with Gasteiger partial charge in [0.1, 0.15) is 5.82 Å². The fourth-order valence-corrected chi connectivity index (χ4v) is 2.18. The lowest BCUT2D eigenvalue weighted by Crippen LogP contribution is -2.12. The fourth-order valence-electron chi connectivity index (χ4n) is 2.18. The Labute approximate surface area is 106 Å². The standard InChI is InChI=1S/C14H18N2O2/c1-4-13-15-11-8-10(7-9(2)14(17)18)5-6-12(11)16(13)3/h5-6,8-9H,4,7H2,1-3H3,(H,17,18). The van der Waals surface area contributed by atoms with Crippen molar-refractivity contribution in [3.8, 4) is 0 Å². The number of aryl methyl sites for hydroxylation is 2. The molecule has 1 aromatic carbocycles. The number of rotatable bonds is 4. The molecule has 1 N–H and O–H groups in total. The summed E-state index contributed by atoms with van der Waals surface area (Å²) in [5.41, 5.74) is 3.07. The number of benzene rings is 1. The molecule has 0 bridgehead atoms. The van der Waals surface area contributed by atoms with Crippen molar-refractivity contribution in [2.45, 2.75) is 26.7 Å². The van der Waals surface area contributed by atoms with Crippen molar-refractivity contribution in [2.24, 2.45) is 13.0 Å². The second kappa shape index (κ2) is 4.80. The molecule has 0 amide bonds. The van der Waals surface area contributed by atoms with Gasteiger partial charge in [0.15, 0.2) is 0 Å². The van der Waals surface area contributed by atoms with E-state index in [2.05, 4.69) is 16.5 Å². The molecule has 0 saturated heterocycles. The number of carboxylic acids is 1. The number of carbonyl (C=O) groups is 1. The van der Waals surface area contributed by atoms with Crippen LogP contribution in [0.25, 0.3) is 11.0 Å². The summed E-state index contributed by atoms with van der Waals surface area (Å²) in [5.74, 6) is -0.0735. The summed E-state index contributed by atoms with van der Waals surface area (Å²) in [5, 5.41) is 8.92. The maximum atomic E-state index is 10.9. The minimum atomic E-state index is -0.759. The topological polar surface area (TPSA) is 55.1 Å². The van der Waals surface area contributed by atoms with E-state index in [1.165, 1.54) is 0 Å². The van der Waals surface area contributed by atoms with Crippen molar-refractivity contribution in [3.05, 3.63) is 29.6 Å². The van der Waals surface area contributed by atoms with E-state index in [0.717, 1.165) is 28.8 Å². The Balaban J connectivity index is 2.36. The molecule has 0 saturated carbocycles. The van der Waals surface area contributed by atoms with E-state index in [1.807, 2.05) is 25.2 Å². The molecule has 2 rings (SSSR count). The third-order valence-electron chi connectivity index (χ3n) is 3.32. The zero-order valence-corrected chi connectivity index (χ0v) is 11.0. The molecule has 1 heterocycles. The highest BCUT2D eigenvalue weighted by Crippen LogP contribution is 2.19. The molecule has 18 heavy (non-hydrogen) atoms. The van der Waals surface area contributed by atoms with E-state index < -0.39 is 5.97 Å². The lowest BCUT2D eigenvalue weighted by molar-refractivity contribution is -0.141. The molecule has 1 atom stereocenters. The van der Waals surface area contributed by atoms with Gasteiger partial charge >= 0.3 is 5.97 Å². The number of hydrogen-bond donors (Lipinski definition) is 1. The van der Waals surface area contributed by atoms with Crippen LogP contribution in [-0.4, -0.2) is 20.6 Å². The van der Waals surface area contributed by atoms with E-state index in [1.54, 1.807) is 6.92 Å². The third-order valence-corrected chi connectivity index (χ3v) is 3.32. The van der Waals surface area contributed by atoms with Crippen LogP contribution in [0.4, 0.5) is 0 Å². The highest BCUT2D eigenvalue weighted by Gasteiger charge is 2.13. The minimum Gasteiger partial charge on any atom is -0.481 e. The first-order valence-electron chi connectivity index (χ1n) is 6.20. The summed E-state index contributed by atoms with van der Waals surface area (Å²) in [7, 11) is 2.01. The molecule has 0 aliphatic carbocycles. The van der Waals surface area contributed by atoms with E-state index >= 15 is 0 Å². The third kappa shape index (κ3) is 2.23. The van der Waals surface area contributed by atoms with Crippen molar-refractivity contribution in [1.82, 2.24) is 9.55 Å². The van der Waals surface area contributed by atoms with Crippen LogP contribution >= 0.6 is 0 Å². The fraction of sp³-hybridized carbons (Fsp3) is 0.429. The zero-order valence-electron chi connectivity index (χ0n) is 11.0. The molecular formula is C14H18N2O2. The van der Waals surface area contributed by atoms with E-state index in [4.69, 9.17) is 5.11 Å². The van der Waals surface area contributed by atoms with Crippen molar-refractivity contribution in [3.63, 3.8) is 0 Å². The van der Waals surface area contributed by atoms with Crippen LogP contribution in [0, 0.1) is 5.92 Å². The molecule has 1 aromatic heterocycles. The summed E-state index contributed by atoms with van der Waals surface area (Å²) >= 11 is 0. The van der Waals surface area contributed by atoms with Gasteiger partial charge in [0.2, 0.25) is 0 Å². The monoisotopic (exact) mass is 246 g/mol. The van der Waals surface area contributed by atoms with Gasteiger partial charge in [-0.15, -0.1) is 0 Å². The largest absolute Gasteiger partial charge is 0.481 e. The molecule has 2 aromatic rings. The van der Waals surface area contributed by atoms with Crippen LogP contribution in [0.15, 0.2) is 18.2 Å². The highest BCUT2D eigenvalue weighted by molar-refractivity contribution is 5.77. The Morgan fingerprint density at radius 2 is 2.22 bits per heavy atom. The Bertz CT molecular complexity index is 587. The first kappa shape index (κ1) is 12.6. The van der Waals surface area contributed by atoms with Crippen LogP contribution in [0.1, 0.15) is 25.2 Å². The summed E-state index contributed by atoms with van der Waals surface area (Å²) in [4.78, 5) is 15.4. The SMILES string of the molecule is CCc1nc2cc(CC(C)C(=O)O)ccc2n1C. The predicted molar refractivity (Wildman–Crippen MR) is 70.6 cm³/mol. The Kier molecular flexibility index (Phi) is 3.36. The number of hydrogen-bond acceptors (Lipinski definition) is 2. The normalized spacial score (nSPS) is 12.8. The second-order valence-electron chi connectivity index (χ2n) is 4.71. The summed E-state index contributed by atoms with van der Waals surface area (Å²) in [6.07, 6.45) is 1.44. The number of nitrogens with zero attached hydrogens (tertiary/aromatic N) is 2. The van der Waals surface area contributed by atoms with Gasteiger partial charge < -0.3 is 9.67 Å². The van der Waals surface area contributed by atoms with Crippen molar-refractivity contribution in [1.29, 1.82) is 0 Å². The molecule has 4 nitrogen and oxygen atoms in total. The Morgan fingerprint density at radius 3 is 2.83 bits per heavy atom. The Hall–Kier alpha value is -1.84. The number of aliphatic carboxylic acids is 1. The number of fused-ring (bicyclic) bond motifs is 1. The van der Waals surface area contributed by atoms with Gasteiger partial charge in [-0.05, 0) is 24.1 Å². The van der Waals surface area contributed by atoms with Gasteiger partial charge in [-0.2, -0.15) is 0 Å². The van der Waals surface area contributed by atoms with Crippen molar-refractivity contribution < 1.29 is 9.90 Å². The molecule has 1 unspecified atom stereocenters. The van der Waals surface area contributed by atoms with E-state index in [0.29, 0.717) is 6.42 Å². The van der Waals surface area contributed by atoms with Gasteiger partial charge in [0.25, 0.3) is 0 Å². The minimum absolute atomic E-state index is 0.364. The summed E-state index contributed by atoms with van der Waals surface area (Å²) < 4.78 is 2.08. The lowest BCUT2D eigenvalue weighted by atomic mass is 10.0. The maximum absolute atomic E-state index is 10.9. The van der Waals surface area contributed by atoms with Gasteiger partial charge in [0.05, 0.1) is 17.0 Å². The quantitative estimate of drug-likeness (QED) is 0.901. The molecule has 0 aliphatic heterocycles. The van der Waals surface area contributed by atoms with Crippen LogP contribution in [0.3, 0.4) is 0 Å². The first-order valence-corrected chi connectivity index (χ1v) is 6.20. The molecule has 0 radical (unpaired) electrons. The molecular weight excluding hydrogens is 228 g/mol. The van der Waals surface area contributed by atoms with Crippen molar-refractivity contribution >= 4 is 17.0 Å².